The molecule has 0 aromatic heterocycles. The molecule has 0 aliphatic carbocycles. The maximum atomic E-state index is 9.92. The van der Waals surface area contributed by atoms with Crippen LogP contribution in [0.25, 0.3) is 0 Å². The van der Waals surface area contributed by atoms with Crippen molar-refractivity contribution in [3.8, 4) is 0 Å². The Bertz CT molecular complexity index is 282. The molecule has 1 heterocycles. The van der Waals surface area contributed by atoms with Gasteiger partial charge in [0.05, 0.1) is 19.5 Å². The molecule has 21 heavy (non-hydrogen) atoms. The predicted octanol–water partition coefficient (Wildman–Crippen LogP) is 1.75. The first-order chi connectivity index (χ1) is 10.2. The van der Waals surface area contributed by atoms with Crippen LogP contribution in [-0.4, -0.2) is 52.9 Å². The second-order valence-corrected chi connectivity index (χ2v) is 5.64. The summed E-state index contributed by atoms with van der Waals surface area (Å²) in [6, 6.07) is 0. The van der Waals surface area contributed by atoms with Crippen LogP contribution in [-0.2, 0) is 9.47 Å². The van der Waals surface area contributed by atoms with E-state index >= 15 is 0 Å². The monoisotopic (exact) mass is 302 g/mol. The van der Waals surface area contributed by atoms with Crippen molar-refractivity contribution in [3.63, 3.8) is 0 Å². The highest BCUT2D eigenvalue weighted by Gasteiger charge is 2.40. The van der Waals surface area contributed by atoms with Crippen LogP contribution < -0.4 is 0 Å². The first-order valence-electron chi connectivity index (χ1n) is 8.09. The first-order valence-corrected chi connectivity index (χ1v) is 8.09. The SMILES string of the molecule is CCCCCCCC/C=C/O[C@@H]1CO[C@H]([C@@H](O)CO)[C@@H]1O. The van der Waals surface area contributed by atoms with Gasteiger partial charge < -0.3 is 24.8 Å². The topological polar surface area (TPSA) is 79.2 Å². The summed E-state index contributed by atoms with van der Waals surface area (Å²) in [5.74, 6) is 0. The Morgan fingerprint density at radius 2 is 1.95 bits per heavy atom. The van der Waals surface area contributed by atoms with Gasteiger partial charge in [-0.15, -0.1) is 0 Å². The summed E-state index contributed by atoms with van der Waals surface area (Å²) in [5, 5.41) is 28.2. The fourth-order valence-electron chi connectivity index (χ4n) is 2.44. The van der Waals surface area contributed by atoms with Gasteiger partial charge in [0.1, 0.15) is 24.4 Å². The van der Waals surface area contributed by atoms with Crippen LogP contribution in [0.3, 0.4) is 0 Å². The van der Waals surface area contributed by atoms with E-state index < -0.39 is 31.0 Å². The van der Waals surface area contributed by atoms with Gasteiger partial charge in [0.15, 0.2) is 0 Å². The molecule has 5 heteroatoms. The van der Waals surface area contributed by atoms with Crippen LogP contribution in [0.1, 0.15) is 51.9 Å². The van der Waals surface area contributed by atoms with Gasteiger partial charge in [-0.1, -0.05) is 39.0 Å². The third-order valence-corrected chi connectivity index (χ3v) is 3.81. The average molecular weight is 302 g/mol. The van der Waals surface area contributed by atoms with Crippen molar-refractivity contribution in [2.24, 2.45) is 0 Å². The second-order valence-electron chi connectivity index (χ2n) is 5.64. The molecular formula is C16H30O5. The zero-order chi connectivity index (χ0) is 15.5. The number of unbranched alkanes of at least 4 members (excludes halogenated alkanes) is 6. The third-order valence-electron chi connectivity index (χ3n) is 3.81. The third kappa shape index (κ3) is 6.78. The van der Waals surface area contributed by atoms with Gasteiger partial charge in [-0.2, -0.15) is 0 Å². The van der Waals surface area contributed by atoms with Gasteiger partial charge in [-0.25, -0.2) is 0 Å². The molecule has 0 saturated carbocycles. The predicted molar refractivity (Wildman–Crippen MR) is 80.8 cm³/mol. The number of hydrogen-bond acceptors (Lipinski definition) is 5. The molecule has 124 valence electrons. The van der Waals surface area contributed by atoms with E-state index in [0.717, 1.165) is 12.8 Å². The summed E-state index contributed by atoms with van der Waals surface area (Å²) in [6.45, 7) is 2.01. The average Bonchev–Trinajstić information content (AvgIpc) is 2.86. The Morgan fingerprint density at radius 1 is 1.24 bits per heavy atom. The van der Waals surface area contributed by atoms with Crippen LogP contribution in [0.4, 0.5) is 0 Å². The van der Waals surface area contributed by atoms with Crippen LogP contribution in [0.5, 0.6) is 0 Å². The lowest BCUT2D eigenvalue weighted by atomic mass is 10.1. The number of ether oxygens (including phenoxy) is 2. The van der Waals surface area contributed by atoms with E-state index in [2.05, 4.69) is 6.92 Å². The van der Waals surface area contributed by atoms with Gasteiger partial charge in [-0.05, 0) is 18.9 Å². The van der Waals surface area contributed by atoms with Gasteiger partial charge in [0.25, 0.3) is 0 Å². The van der Waals surface area contributed by atoms with Crippen molar-refractivity contribution >= 4 is 0 Å². The molecule has 4 atom stereocenters. The quantitative estimate of drug-likeness (QED) is 0.400. The van der Waals surface area contributed by atoms with E-state index in [-0.39, 0.29) is 6.61 Å². The standard InChI is InChI=1S/C16H30O5/c1-2-3-4-5-6-7-8-9-10-20-14-12-21-16(15(14)19)13(18)11-17/h9-10,13-19H,2-8,11-12H2,1H3/b10-9+/t13-,14+,15+,16+/m0/s1. The highest BCUT2D eigenvalue weighted by molar-refractivity contribution is 4.90. The number of allylic oxidation sites excluding steroid dienone is 1. The Kier molecular flexibility index (Phi) is 9.67. The number of hydrogen-bond donors (Lipinski definition) is 3. The van der Waals surface area contributed by atoms with Gasteiger partial charge in [0.2, 0.25) is 0 Å². The molecule has 1 rings (SSSR count). The molecule has 1 fully saturated rings. The Labute approximate surface area is 127 Å². The molecule has 1 saturated heterocycles. The zero-order valence-electron chi connectivity index (χ0n) is 13.0. The smallest absolute Gasteiger partial charge is 0.149 e. The van der Waals surface area contributed by atoms with Crippen molar-refractivity contribution in [1.29, 1.82) is 0 Å². The summed E-state index contributed by atoms with van der Waals surface area (Å²) in [6.07, 6.45) is 8.90. The summed E-state index contributed by atoms with van der Waals surface area (Å²) in [7, 11) is 0. The zero-order valence-corrected chi connectivity index (χ0v) is 13.0. The molecule has 0 aromatic rings. The van der Waals surface area contributed by atoms with Crippen LogP contribution in [0, 0.1) is 0 Å². The Morgan fingerprint density at radius 3 is 2.67 bits per heavy atom. The molecule has 1 aliphatic heterocycles. The summed E-state index contributed by atoms with van der Waals surface area (Å²) in [5.41, 5.74) is 0. The molecule has 3 N–H and O–H groups in total. The van der Waals surface area contributed by atoms with Crippen molar-refractivity contribution in [2.45, 2.75) is 76.3 Å². The van der Waals surface area contributed by atoms with Gasteiger partial charge >= 0.3 is 0 Å². The summed E-state index contributed by atoms with van der Waals surface area (Å²) >= 11 is 0. The van der Waals surface area contributed by atoms with E-state index in [1.54, 1.807) is 6.26 Å². The summed E-state index contributed by atoms with van der Waals surface area (Å²) < 4.78 is 10.7. The largest absolute Gasteiger partial charge is 0.493 e. The maximum absolute atomic E-state index is 9.92. The Balaban J connectivity index is 2.08. The highest BCUT2D eigenvalue weighted by Crippen LogP contribution is 2.20. The number of aliphatic hydroxyl groups excluding tert-OH is 3. The molecule has 0 unspecified atom stereocenters. The highest BCUT2D eigenvalue weighted by atomic mass is 16.6. The molecule has 0 radical (unpaired) electrons. The Hall–Kier alpha value is -0.620. The normalized spacial score (nSPS) is 27.3. The molecular weight excluding hydrogens is 272 g/mol. The molecule has 0 bridgehead atoms. The fraction of sp³-hybridized carbons (Fsp3) is 0.875. The van der Waals surface area contributed by atoms with Crippen LogP contribution in [0.2, 0.25) is 0 Å². The molecule has 1 aliphatic rings. The van der Waals surface area contributed by atoms with Crippen LogP contribution >= 0.6 is 0 Å². The minimum absolute atomic E-state index is 0.226. The molecule has 0 amide bonds. The second kappa shape index (κ2) is 11.0. The number of rotatable bonds is 11. The lowest BCUT2D eigenvalue weighted by Crippen LogP contribution is -2.40. The lowest BCUT2D eigenvalue weighted by Gasteiger charge is -2.20. The van der Waals surface area contributed by atoms with E-state index in [1.165, 1.54) is 32.1 Å². The van der Waals surface area contributed by atoms with Crippen LogP contribution in [0.15, 0.2) is 12.3 Å². The lowest BCUT2D eigenvalue weighted by molar-refractivity contribution is -0.0689. The van der Waals surface area contributed by atoms with Gasteiger partial charge in [-0.3, -0.25) is 0 Å². The fourth-order valence-corrected chi connectivity index (χ4v) is 2.44. The van der Waals surface area contributed by atoms with E-state index in [9.17, 15) is 10.2 Å². The summed E-state index contributed by atoms with van der Waals surface area (Å²) in [4.78, 5) is 0. The molecule has 0 spiro atoms. The minimum atomic E-state index is -1.07. The van der Waals surface area contributed by atoms with Gasteiger partial charge in [0, 0.05) is 0 Å². The van der Waals surface area contributed by atoms with Crippen molar-refractivity contribution < 1.29 is 24.8 Å². The first kappa shape index (κ1) is 18.4. The van der Waals surface area contributed by atoms with E-state index in [1.807, 2.05) is 6.08 Å². The number of aliphatic hydroxyl groups is 3. The molecule has 5 nitrogen and oxygen atoms in total. The van der Waals surface area contributed by atoms with E-state index in [0.29, 0.717) is 0 Å². The van der Waals surface area contributed by atoms with Crippen molar-refractivity contribution in [2.75, 3.05) is 13.2 Å². The van der Waals surface area contributed by atoms with E-state index in [4.69, 9.17) is 14.6 Å². The van der Waals surface area contributed by atoms with Crippen molar-refractivity contribution in [3.05, 3.63) is 12.3 Å². The molecule has 0 aromatic carbocycles. The van der Waals surface area contributed by atoms with Crippen molar-refractivity contribution in [1.82, 2.24) is 0 Å². The maximum Gasteiger partial charge on any atom is 0.149 e. The minimum Gasteiger partial charge on any atom is -0.493 e.